The van der Waals surface area contributed by atoms with Crippen molar-refractivity contribution in [3.05, 3.63) is 57.3 Å². The molecule has 0 aliphatic rings. The number of fused-ring (bicyclic) bond motifs is 2. The van der Waals surface area contributed by atoms with E-state index in [0.29, 0.717) is 0 Å². The molecular formula is C23H24O6. The van der Waals surface area contributed by atoms with Gasteiger partial charge in [0.25, 0.3) is 0 Å². The van der Waals surface area contributed by atoms with E-state index in [9.17, 15) is 25.2 Å². The van der Waals surface area contributed by atoms with Crippen LogP contribution < -0.4 is 5.43 Å². The smallest absolute Gasteiger partial charge is 0.204 e. The number of hydrogen-bond acceptors (Lipinski definition) is 6. The molecule has 3 aromatic rings. The number of benzene rings is 2. The summed E-state index contributed by atoms with van der Waals surface area (Å²) in [4.78, 5) is 13.1. The van der Waals surface area contributed by atoms with Gasteiger partial charge in [-0.25, -0.2) is 0 Å². The van der Waals surface area contributed by atoms with Gasteiger partial charge in [-0.3, -0.25) is 4.79 Å². The highest BCUT2D eigenvalue weighted by molar-refractivity contribution is 5.96. The SMILES string of the molecule is CC(C)=CCCC(C)=CCc1c(O)c(O)cc2oc3cc(O)cc(O)c3c(=O)c12. The molecule has 0 radical (unpaired) electrons. The van der Waals surface area contributed by atoms with Crippen LogP contribution in [0.5, 0.6) is 23.0 Å². The fourth-order valence-corrected chi connectivity index (χ4v) is 3.32. The Morgan fingerprint density at radius 2 is 1.62 bits per heavy atom. The molecule has 0 bridgehead atoms. The Balaban J connectivity index is 2.16. The van der Waals surface area contributed by atoms with Gasteiger partial charge in [-0.15, -0.1) is 0 Å². The van der Waals surface area contributed by atoms with Gasteiger partial charge in [-0.2, -0.15) is 0 Å². The van der Waals surface area contributed by atoms with Crippen LogP contribution in [-0.2, 0) is 6.42 Å². The Bertz CT molecular complexity index is 1210. The molecule has 0 atom stereocenters. The van der Waals surface area contributed by atoms with E-state index in [4.69, 9.17) is 4.42 Å². The Hall–Kier alpha value is -3.41. The quantitative estimate of drug-likeness (QED) is 0.274. The summed E-state index contributed by atoms with van der Waals surface area (Å²) in [5.74, 6) is -1.47. The monoisotopic (exact) mass is 396 g/mol. The van der Waals surface area contributed by atoms with Gasteiger partial charge in [0, 0.05) is 23.8 Å². The molecule has 1 heterocycles. The second-order valence-corrected chi connectivity index (χ2v) is 7.44. The molecule has 6 nitrogen and oxygen atoms in total. The molecule has 0 aliphatic heterocycles. The number of allylic oxidation sites excluding steroid dienone is 4. The van der Waals surface area contributed by atoms with Crippen molar-refractivity contribution < 1.29 is 24.8 Å². The summed E-state index contributed by atoms with van der Waals surface area (Å²) in [7, 11) is 0. The lowest BCUT2D eigenvalue weighted by molar-refractivity contribution is 0.400. The summed E-state index contributed by atoms with van der Waals surface area (Å²) in [6, 6.07) is 3.42. The van der Waals surface area contributed by atoms with Crippen molar-refractivity contribution in [3.8, 4) is 23.0 Å². The standard InChI is InChI=1S/C23H24O6/c1-12(2)5-4-6-13(3)7-8-15-20-19(11-17(26)22(15)27)29-18-10-14(24)9-16(25)21(18)23(20)28/h5,7,9-11,24-27H,4,6,8H2,1-3H3. The third-order valence-corrected chi connectivity index (χ3v) is 4.83. The maximum atomic E-state index is 13.1. The summed E-state index contributed by atoms with van der Waals surface area (Å²) in [5.41, 5.74) is 2.06. The number of phenolic OH excluding ortho intramolecular Hbond substituents is 4. The lowest BCUT2D eigenvalue weighted by atomic mass is 9.99. The Morgan fingerprint density at radius 1 is 0.931 bits per heavy atom. The van der Waals surface area contributed by atoms with Crippen LogP contribution in [-0.4, -0.2) is 20.4 Å². The molecule has 0 saturated heterocycles. The highest BCUT2D eigenvalue weighted by atomic mass is 16.3. The molecule has 3 rings (SSSR count). The summed E-state index contributed by atoms with van der Waals surface area (Å²) in [6.45, 7) is 6.04. The molecule has 2 aromatic carbocycles. The molecule has 0 unspecified atom stereocenters. The molecule has 29 heavy (non-hydrogen) atoms. The van der Waals surface area contributed by atoms with Gasteiger partial charge >= 0.3 is 0 Å². The molecule has 0 saturated carbocycles. The summed E-state index contributed by atoms with van der Waals surface area (Å²) in [6.07, 6.45) is 5.97. The van der Waals surface area contributed by atoms with E-state index in [1.54, 1.807) is 0 Å². The van der Waals surface area contributed by atoms with Gasteiger partial charge in [0.1, 0.15) is 28.1 Å². The zero-order chi connectivity index (χ0) is 21.3. The van der Waals surface area contributed by atoms with Crippen LogP contribution in [0.25, 0.3) is 21.9 Å². The Morgan fingerprint density at radius 3 is 2.31 bits per heavy atom. The van der Waals surface area contributed by atoms with Crippen molar-refractivity contribution in [1.29, 1.82) is 0 Å². The summed E-state index contributed by atoms with van der Waals surface area (Å²) >= 11 is 0. The minimum Gasteiger partial charge on any atom is -0.508 e. The second-order valence-electron chi connectivity index (χ2n) is 7.44. The average Bonchev–Trinajstić information content (AvgIpc) is 2.61. The largest absolute Gasteiger partial charge is 0.508 e. The average molecular weight is 396 g/mol. The highest BCUT2D eigenvalue weighted by Gasteiger charge is 2.20. The molecule has 0 spiro atoms. The third-order valence-electron chi connectivity index (χ3n) is 4.83. The zero-order valence-electron chi connectivity index (χ0n) is 16.6. The van der Waals surface area contributed by atoms with Gasteiger partial charge in [0.15, 0.2) is 11.5 Å². The van der Waals surface area contributed by atoms with E-state index in [1.165, 1.54) is 11.6 Å². The highest BCUT2D eigenvalue weighted by Crippen LogP contribution is 2.38. The van der Waals surface area contributed by atoms with Crippen molar-refractivity contribution in [2.45, 2.75) is 40.0 Å². The summed E-state index contributed by atoms with van der Waals surface area (Å²) < 4.78 is 5.64. The van der Waals surface area contributed by atoms with Gasteiger partial charge < -0.3 is 24.8 Å². The van der Waals surface area contributed by atoms with Gasteiger partial charge in [0.05, 0.1) is 5.39 Å². The van der Waals surface area contributed by atoms with Gasteiger partial charge in [-0.05, 0) is 40.0 Å². The molecule has 0 fully saturated rings. The molecule has 1 aromatic heterocycles. The maximum Gasteiger partial charge on any atom is 0.204 e. The molecule has 152 valence electrons. The minimum absolute atomic E-state index is 0.00974. The van der Waals surface area contributed by atoms with E-state index >= 15 is 0 Å². The topological polar surface area (TPSA) is 111 Å². The predicted molar refractivity (Wildman–Crippen MR) is 113 cm³/mol. The van der Waals surface area contributed by atoms with Gasteiger partial charge in [0.2, 0.25) is 5.43 Å². The van der Waals surface area contributed by atoms with E-state index in [0.717, 1.165) is 30.5 Å². The normalized spacial score (nSPS) is 11.9. The van der Waals surface area contributed by atoms with Crippen LogP contribution in [0.2, 0.25) is 0 Å². The molecule has 0 amide bonds. The number of phenols is 4. The maximum absolute atomic E-state index is 13.1. The van der Waals surface area contributed by atoms with Crippen molar-refractivity contribution in [3.63, 3.8) is 0 Å². The fourth-order valence-electron chi connectivity index (χ4n) is 3.32. The molecular weight excluding hydrogens is 372 g/mol. The van der Waals surface area contributed by atoms with Crippen molar-refractivity contribution in [1.82, 2.24) is 0 Å². The molecule has 0 aliphatic carbocycles. The van der Waals surface area contributed by atoms with Crippen molar-refractivity contribution >= 4 is 21.9 Å². The Kier molecular flexibility index (Phi) is 5.55. The van der Waals surface area contributed by atoms with Gasteiger partial charge in [-0.1, -0.05) is 23.3 Å². The van der Waals surface area contributed by atoms with E-state index in [-0.39, 0.29) is 39.7 Å². The van der Waals surface area contributed by atoms with Crippen LogP contribution in [0.15, 0.2) is 50.7 Å². The van der Waals surface area contributed by atoms with Crippen LogP contribution >= 0.6 is 0 Å². The first kappa shape index (κ1) is 20.3. The molecule has 6 heteroatoms. The minimum atomic E-state index is -0.542. The molecule has 4 N–H and O–H groups in total. The third kappa shape index (κ3) is 4.06. The first-order valence-corrected chi connectivity index (χ1v) is 9.34. The van der Waals surface area contributed by atoms with E-state index in [1.807, 2.05) is 26.8 Å². The first-order chi connectivity index (χ1) is 13.7. The van der Waals surface area contributed by atoms with E-state index in [2.05, 4.69) is 6.08 Å². The lowest BCUT2D eigenvalue weighted by Gasteiger charge is -2.11. The number of rotatable bonds is 5. The van der Waals surface area contributed by atoms with Crippen molar-refractivity contribution in [2.75, 3.05) is 0 Å². The lowest BCUT2D eigenvalue weighted by Crippen LogP contribution is -2.06. The predicted octanol–water partition coefficient (Wildman–Crippen LogP) is 5.00. The van der Waals surface area contributed by atoms with Crippen LogP contribution in [0.3, 0.4) is 0 Å². The van der Waals surface area contributed by atoms with E-state index < -0.39 is 22.7 Å². The summed E-state index contributed by atoms with van der Waals surface area (Å²) in [5, 5.41) is 40.3. The zero-order valence-corrected chi connectivity index (χ0v) is 16.6. The van der Waals surface area contributed by atoms with Crippen molar-refractivity contribution in [2.24, 2.45) is 0 Å². The van der Waals surface area contributed by atoms with Crippen LogP contribution in [0, 0.1) is 0 Å². The Labute approximate surface area is 167 Å². The number of hydrogen-bond donors (Lipinski definition) is 4. The first-order valence-electron chi connectivity index (χ1n) is 9.34. The number of aromatic hydroxyl groups is 4. The second kappa shape index (κ2) is 7.91. The van der Waals surface area contributed by atoms with Crippen LogP contribution in [0.4, 0.5) is 0 Å². The van der Waals surface area contributed by atoms with Crippen LogP contribution in [0.1, 0.15) is 39.2 Å². The fraction of sp³-hybridized carbons (Fsp3) is 0.261.